The molecule has 1 aliphatic rings. The van der Waals surface area contributed by atoms with E-state index < -0.39 is 0 Å². The van der Waals surface area contributed by atoms with Crippen LogP contribution < -0.4 is 5.32 Å². The van der Waals surface area contributed by atoms with Gasteiger partial charge in [-0.1, -0.05) is 51.8 Å². The van der Waals surface area contributed by atoms with Gasteiger partial charge in [0.2, 0.25) is 0 Å². The van der Waals surface area contributed by atoms with Gasteiger partial charge >= 0.3 is 0 Å². The third-order valence-corrected chi connectivity index (χ3v) is 5.08. The molecular formula is C20H30FN. The van der Waals surface area contributed by atoms with E-state index in [0.717, 1.165) is 5.69 Å². The highest BCUT2D eigenvalue weighted by molar-refractivity contribution is 5.47. The van der Waals surface area contributed by atoms with Gasteiger partial charge in [-0.05, 0) is 55.2 Å². The van der Waals surface area contributed by atoms with E-state index >= 15 is 0 Å². The third-order valence-electron chi connectivity index (χ3n) is 5.08. The molecule has 1 aromatic rings. The Balaban J connectivity index is 2.18. The highest BCUT2D eigenvalue weighted by Gasteiger charge is 2.28. The van der Waals surface area contributed by atoms with Crippen LogP contribution in [0.2, 0.25) is 0 Å². The molecule has 3 unspecified atom stereocenters. The van der Waals surface area contributed by atoms with Crippen molar-refractivity contribution in [3.8, 4) is 0 Å². The molecule has 1 aliphatic carbocycles. The van der Waals surface area contributed by atoms with Crippen LogP contribution in [0.4, 0.5) is 10.1 Å². The quantitative estimate of drug-likeness (QED) is 0.662. The molecule has 122 valence electrons. The van der Waals surface area contributed by atoms with Crippen molar-refractivity contribution in [2.45, 2.75) is 59.9 Å². The Hall–Kier alpha value is -1.31. The molecule has 0 fully saturated rings. The molecule has 4 atom stereocenters. The Bertz CT molecular complexity index is 535. The van der Waals surface area contributed by atoms with E-state index in [1.54, 1.807) is 18.6 Å². The van der Waals surface area contributed by atoms with Gasteiger partial charge in [0.1, 0.15) is 5.82 Å². The highest BCUT2D eigenvalue weighted by Crippen LogP contribution is 2.36. The van der Waals surface area contributed by atoms with Gasteiger partial charge in [0.25, 0.3) is 0 Å². The van der Waals surface area contributed by atoms with Gasteiger partial charge in [-0.3, -0.25) is 0 Å². The van der Waals surface area contributed by atoms with E-state index in [0.29, 0.717) is 29.4 Å². The molecule has 0 amide bonds. The SMILES string of the molecule is CCCC(C)C1=CC(Nc2ccc(C)c(F)c2)C(C)C[C@@H]1C. The van der Waals surface area contributed by atoms with Gasteiger partial charge in [0, 0.05) is 11.7 Å². The Kier molecular flexibility index (Phi) is 5.66. The average Bonchev–Trinajstić information content (AvgIpc) is 2.46. The first kappa shape index (κ1) is 17.1. The van der Waals surface area contributed by atoms with Crippen molar-refractivity contribution in [3.05, 3.63) is 41.2 Å². The topological polar surface area (TPSA) is 12.0 Å². The fourth-order valence-corrected chi connectivity index (χ4v) is 3.68. The number of allylic oxidation sites excluding steroid dienone is 1. The van der Waals surface area contributed by atoms with Crippen molar-refractivity contribution in [1.82, 2.24) is 0 Å². The van der Waals surface area contributed by atoms with Crippen LogP contribution in [0.1, 0.15) is 52.5 Å². The Labute approximate surface area is 135 Å². The molecule has 1 nitrogen and oxygen atoms in total. The smallest absolute Gasteiger partial charge is 0.128 e. The molecule has 2 rings (SSSR count). The summed E-state index contributed by atoms with van der Waals surface area (Å²) in [4.78, 5) is 0. The lowest BCUT2D eigenvalue weighted by Crippen LogP contribution is -2.32. The van der Waals surface area contributed by atoms with Crippen LogP contribution in [0.15, 0.2) is 29.8 Å². The summed E-state index contributed by atoms with van der Waals surface area (Å²) in [5.41, 5.74) is 3.15. The van der Waals surface area contributed by atoms with E-state index in [1.165, 1.54) is 19.3 Å². The van der Waals surface area contributed by atoms with Crippen molar-refractivity contribution in [2.75, 3.05) is 5.32 Å². The molecule has 0 heterocycles. The number of nitrogens with one attached hydrogen (secondary N) is 1. The minimum Gasteiger partial charge on any atom is -0.378 e. The first-order chi connectivity index (χ1) is 10.4. The fraction of sp³-hybridized carbons (Fsp3) is 0.600. The van der Waals surface area contributed by atoms with Gasteiger partial charge in [0.15, 0.2) is 0 Å². The molecule has 0 saturated heterocycles. The number of halogens is 1. The minimum absolute atomic E-state index is 0.134. The zero-order valence-electron chi connectivity index (χ0n) is 14.6. The first-order valence-electron chi connectivity index (χ1n) is 8.66. The van der Waals surface area contributed by atoms with Crippen LogP contribution in [-0.2, 0) is 0 Å². The van der Waals surface area contributed by atoms with E-state index in [9.17, 15) is 4.39 Å². The Morgan fingerprint density at radius 3 is 2.68 bits per heavy atom. The standard InChI is InChI=1S/C20H30FN/c1-6-7-13(2)18-12-20(16(5)10-15(18)4)22-17-9-8-14(3)19(21)11-17/h8-9,11-13,15-16,20,22H,6-7,10H2,1-5H3/t13?,15-,16?,20?/m0/s1. The maximum absolute atomic E-state index is 13.7. The predicted molar refractivity (Wildman–Crippen MR) is 93.6 cm³/mol. The number of anilines is 1. The molecule has 0 aliphatic heterocycles. The fourth-order valence-electron chi connectivity index (χ4n) is 3.68. The van der Waals surface area contributed by atoms with Gasteiger partial charge < -0.3 is 5.32 Å². The molecule has 0 aromatic heterocycles. The van der Waals surface area contributed by atoms with Gasteiger partial charge in [0.05, 0.1) is 0 Å². The first-order valence-corrected chi connectivity index (χ1v) is 8.66. The summed E-state index contributed by atoms with van der Waals surface area (Å²) < 4.78 is 13.7. The molecule has 0 spiro atoms. The maximum Gasteiger partial charge on any atom is 0.128 e. The molecule has 2 heteroatoms. The second kappa shape index (κ2) is 7.30. The number of hydrogen-bond donors (Lipinski definition) is 1. The zero-order valence-corrected chi connectivity index (χ0v) is 14.6. The van der Waals surface area contributed by atoms with E-state index in [2.05, 4.69) is 39.1 Å². The summed E-state index contributed by atoms with van der Waals surface area (Å²) in [6, 6.07) is 5.74. The highest BCUT2D eigenvalue weighted by atomic mass is 19.1. The van der Waals surface area contributed by atoms with Crippen LogP contribution in [0.5, 0.6) is 0 Å². The summed E-state index contributed by atoms with van der Waals surface area (Å²) in [7, 11) is 0. The second-order valence-electron chi connectivity index (χ2n) is 7.10. The maximum atomic E-state index is 13.7. The predicted octanol–water partition coefficient (Wildman–Crippen LogP) is 5.95. The van der Waals surface area contributed by atoms with Crippen LogP contribution in [-0.4, -0.2) is 6.04 Å². The molecular weight excluding hydrogens is 273 g/mol. The van der Waals surface area contributed by atoms with Crippen LogP contribution in [0.3, 0.4) is 0 Å². The summed E-state index contributed by atoms with van der Waals surface area (Å²) >= 11 is 0. The molecule has 1 aromatic carbocycles. The van der Waals surface area contributed by atoms with Crippen molar-refractivity contribution in [3.63, 3.8) is 0 Å². The number of rotatable bonds is 5. The normalized spacial score (nSPS) is 26.5. The molecule has 0 bridgehead atoms. The molecule has 0 saturated carbocycles. The van der Waals surface area contributed by atoms with Crippen LogP contribution >= 0.6 is 0 Å². The number of benzene rings is 1. The lowest BCUT2D eigenvalue weighted by atomic mass is 9.75. The van der Waals surface area contributed by atoms with Gasteiger partial charge in [-0.25, -0.2) is 4.39 Å². The Morgan fingerprint density at radius 2 is 2.05 bits per heavy atom. The van der Waals surface area contributed by atoms with Crippen molar-refractivity contribution >= 4 is 5.69 Å². The molecule has 1 N–H and O–H groups in total. The molecule has 22 heavy (non-hydrogen) atoms. The minimum atomic E-state index is -0.134. The summed E-state index contributed by atoms with van der Waals surface area (Å²) in [6.45, 7) is 11.0. The lowest BCUT2D eigenvalue weighted by molar-refractivity contribution is 0.371. The van der Waals surface area contributed by atoms with E-state index in [-0.39, 0.29) is 5.82 Å². The largest absolute Gasteiger partial charge is 0.378 e. The van der Waals surface area contributed by atoms with E-state index in [4.69, 9.17) is 0 Å². The number of hydrogen-bond acceptors (Lipinski definition) is 1. The number of aryl methyl sites for hydroxylation is 1. The monoisotopic (exact) mass is 303 g/mol. The third kappa shape index (κ3) is 3.91. The van der Waals surface area contributed by atoms with Crippen LogP contribution in [0.25, 0.3) is 0 Å². The van der Waals surface area contributed by atoms with Crippen molar-refractivity contribution < 1.29 is 4.39 Å². The van der Waals surface area contributed by atoms with E-state index in [1.807, 2.05) is 12.1 Å². The van der Waals surface area contributed by atoms with Gasteiger partial charge in [-0.15, -0.1) is 0 Å². The summed E-state index contributed by atoms with van der Waals surface area (Å²) in [5, 5.41) is 3.53. The average molecular weight is 303 g/mol. The lowest BCUT2D eigenvalue weighted by Gasteiger charge is -2.35. The van der Waals surface area contributed by atoms with Crippen molar-refractivity contribution in [1.29, 1.82) is 0 Å². The summed E-state index contributed by atoms with van der Waals surface area (Å²) in [6.07, 6.45) is 6.08. The van der Waals surface area contributed by atoms with Gasteiger partial charge in [-0.2, -0.15) is 0 Å². The second-order valence-corrected chi connectivity index (χ2v) is 7.10. The molecule has 0 radical (unpaired) electrons. The summed E-state index contributed by atoms with van der Waals surface area (Å²) in [5.74, 6) is 1.73. The Morgan fingerprint density at radius 1 is 1.32 bits per heavy atom. The zero-order chi connectivity index (χ0) is 16.3. The van der Waals surface area contributed by atoms with Crippen molar-refractivity contribution in [2.24, 2.45) is 17.8 Å². The van der Waals surface area contributed by atoms with Crippen LogP contribution in [0, 0.1) is 30.5 Å².